The monoisotopic (exact) mass is 1210 g/mol. The zero-order valence-electron chi connectivity index (χ0n) is 58.1. The van der Waals surface area contributed by atoms with E-state index in [0.717, 1.165) is 51.4 Å². The Balaban J connectivity index is 3.37. The van der Waals surface area contributed by atoms with Crippen LogP contribution in [0, 0.1) is 0 Å². The Morgan fingerprint density at radius 3 is 0.942 bits per heavy atom. The van der Waals surface area contributed by atoms with Crippen LogP contribution < -0.4 is 5.32 Å². The van der Waals surface area contributed by atoms with Crippen LogP contribution in [0.2, 0.25) is 0 Å². The van der Waals surface area contributed by atoms with E-state index in [4.69, 9.17) is 4.74 Å². The molecule has 0 aliphatic heterocycles. The molecule has 0 saturated carbocycles. The Morgan fingerprint density at radius 1 is 0.326 bits per heavy atom. The number of amides is 1. The SMILES string of the molecule is CCC/C=C\C/C=C\CCCCCCCC(=O)OCCCCCCCCCCCCCCCC/C=C\CCCCCCCCCCCCCCCCCCCC(=O)NC(CO)C(O)/C=C/CCCCCCCCCCCCCCCCCCCCC. The van der Waals surface area contributed by atoms with Gasteiger partial charge in [0.25, 0.3) is 0 Å². The maximum Gasteiger partial charge on any atom is 0.305 e. The Hall–Kier alpha value is -2.18. The second-order valence-corrected chi connectivity index (χ2v) is 26.7. The highest BCUT2D eigenvalue weighted by Gasteiger charge is 2.18. The molecule has 0 aliphatic carbocycles. The number of hydrogen-bond acceptors (Lipinski definition) is 5. The smallest absolute Gasteiger partial charge is 0.305 e. The third kappa shape index (κ3) is 70.9. The van der Waals surface area contributed by atoms with Crippen LogP contribution in [-0.2, 0) is 14.3 Å². The minimum atomic E-state index is -0.843. The number of esters is 1. The molecule has 506 valence electrons. The summed E-state index contributed by atoms with van der Waals surface area (Å²) in [6, 6.07) is -0.627. The summed E-state index contributed by atoms with van der Waals surface area (Å²) in [5.74, 6) is -0.0555. The highest BCUT2D eigenvalue weighted by Crippen LogP contribution is 2.19. The molecular weight excluding hydrogens is 1050 g/mol. The number of carbonyl (C=O) groups is 2. The van der Waals surface area contributed by atoms with Gasteiger partial charge in [0.15, 0.2) is 0 Å². The summed E-state index contributed by atoms with van der Waals surface area (Å²) in [5.41, 5.74) is 0. The highest BCUT2D eigenvalue weighted by molar-refractivity contribution is 5.76. The molecule has 0 spiro atoms. The Morgan fingerprint density at radius 2 is 0.605 bits per heavy atom. The van der Waals surface area contributed by atoms with Crippen LogP contribution in [0.4, 0.5) is 0 Å². The average Bonchev–Trinajstić information content (AvgIpc) is 3.55. The molecule has 0 aliphatic rings. The molecule has 0 rings (SSSR count). The normalized spacial score (nSPS) is 12.7. The molecule has 0 fully saturated rings. The van der Waals surface area contributed by atoms with Crippen LogP contribution in [0.15, 0.2) is 48.6 Å². The van der Waals surface area contributed by atoms with E-state index in [2.05, 4.69) is 55.6 Å². The summed E-state index contributed by atoms with van der Waals surface area (Å²) in [6.07, 6.45) is 99.5. The average molecular weight is 1210 g/mol. The van der Waals surface area contributed by atoms with E-state index in [9.17, 15) is 19.8 Å². The van der Waals surface area contributed by atoms with Crippen molar-refractivity contribution in [3.8, 4) is 0 Å². The van der Waals surface area contributed by atoms with E-state index in [1.54, 1.807) is 6.08 Å². The molecule has 6 nitrogen and oxygen atoms in total. The molecule has 2 unspecified atom stereocenters. The van der Waals surface area contributed by atoms with Crippen molar-refractivity contribution in [3.05, 3.63) is 48.6 Å². The quantitative estimate of drug-likeness (QED) is 0.0320. The predicted octanol–water partition coefficient (Wildman–Crippen LogP) is 25.6. The van der Waals surface area contributed by atoms with Gasteiger partial charge in [-0.2, -0.15) is 0 Å². The zero-order valence-corrected chi connectivity index (χ0v) is 58.1. The first-order chi connectivity index (χ1) is 42.5. The first-order valence-corrected chi connectivity index (χ1v) is 38.9. The molecule has 3 N–H and O–H groups in total. The van der Waals surface area contributed by atoms with Crippen LogP contribution in [0.3, 0.4) is 0 Å². The number of carbonyl (C=O) groups excluding carboxylic acids is 2. The van der Waals surface area contributed by atoms with Crippen molar-refractivity contribution in [2.75, 3.05) is 13.2 Å². The summed E-state index contributed by atoms with van der Waals surface area (Å²) in [6.45, 7) is 4.87. The van der Waals surface area contributed by atoms with Crippen LogP contribution in [-0.4, -0.2) is 47.4 Å². The Labute approximate surface area is 537 Å². The lowest BCUT2D eigenvalue weighted by Crippen LogP contribution is -2.45. The first-order valence-electron chi connectivity index (χ1n) is 38.9. The summed E-state index contributed by atoms with van der Waals surface area (Å²) >= 11 is 0. The largest absolute Gasteiger partial charge is 0.466 e. The number of allylic oxidation sites excluding steroid dienone is 7. The molecule has 0 aromatic rings. The van der Waals surface area contributed by atoms with Crippen molar-refractivity contribution < 1.29 is 24.5 Å². The maximum atomic E-state index is 12.5. The van der Waals surface area contributed by atoms with Gasteiger partial charge in [0.05, 0.1) is 25.4 Å². The van der Waals surface area contributed by atoms with Crippen molar-refractivity contribution in [2.24, 2.45) is 0 Å². The molecule has 0 aromatic heterocycles. The fraction of sp³-hybridized carbons (Fsp3) is 0.875. The van der Waals surface area contributed by atoms with Gasteiger partial charge in [-0.25, -0.2) is 0 Å². The van der Waals surface area contributed by atoms with Crippen LogP contribution in [0.25, 0.3) is 0 Å². The summed E-state index contributed by atoms with van der Waals surface area (Å²) < 4.78 is 5.48. The molecule has 0 aromatic carbocycles. The van der Waals surface area contributed by atoms with Crippen LogP contribution >= 0.6 is 0 Å². The molecule has 86 heavy (non-hydrogen) atoms. The van der Waals surface area contributed by atoms with Gasteiger partial charge in [-0.1, -0.05) is 377 Å². The van der Waals surface area contributed by atoms with Gasteiger partial charge in [0, 0.05) is 12.8 Å². The lowest BCUT2D eigenvalue weighted by molar-refractivity contribution is -0.143. The number of hydrogen-bond donors (Lipinski definition) is 3. The molecular formula is C80H151NO5. The number of aliphatic hydroxyl groups is 2. The first kappa shape index (κ1) is 83.8. The van der Waals surface area contributed by atoms with E-state index < -0.39 is 12.1 Å². The minimum absolute atomic E-state index is 0.00482. The molecule has 1 amide bonds. The summed E-state index contributed by atoms with van der Waals surface area (Å²) in [7, 11) is 0. The second-order valence-electron chi connectivity index (χ2n) is 26.7. The topological polar surface area (TPSA) is 95.9 Å². The predicted molar refractivity (Wildman–Crippen MR) is 379 cm³/mol. The Kier molecular flexibility index (Phi) is 73.4. The van der Waals surface area contributed by atoms with Gasteiger partial charge < -0.3 is 20.3 Å². The van der Waals surface area contributed by atoms with Crippen molar-refractivity contribution in [1.29, 1.82) is 0 Å². The van der Waals surface area contributed by atoms with E-state index in [-0.39, 0.29) is 18.5 Å². The Bertz CT molecular complexity index is 1440. The molecule has 0 heterocycles. The van der Waals surface area contributed by atoms with E-state index in [1.165, 1.54) is 347 Å². The standard InChI is InChI=1S/C80H151NO5/c1-3-5-7-9-11-13-15-17-18-19-20-36-39-42-45-49-52-56-60-64-68-72-78(83)77(76-82)81-79(84)73-69-65-61-57-53-50-46-43-40-37-34-32-30-28-26-24-22-21-23-25-27-29-31-33-35-38-41-44-47-51-55-59-63-67-71-75-86-80(85)74-70-66-62-58-54-48-16-14-12-10-8-6-4-2/h8,10,14,16,23,25,68,72,77-78,82-83H,3-7,9,11-13,15,17-22,24,26-67,69-71,73-76H2,1-2H3,(H,81,84)/b10-8-,16-14-,25-23-,72-68+. The number of ether oxygens (including phenoxy) is 1. The molecule has 2 atom stereocenters. The number of rotatable bonds is 73. The highest BCUT2D eigenvalue weighted by atomic mass is 16.5. The second kappa shape index (κ2) is 75.3. The van der Waals surface area contributed by atoms with Gasteiger partial charge in [-0.15, -0.1) is 0 Å². The molecule has 6 heteroatoms. The van der Waals surface area contributed by atoms with E-state index >= 15 is 0 Å². The maximum absolute atomic E-state index is 12.5. The van der Waals surface area contributed by atoms with E-state index in [1.807, 2.05) is 6.08 Å². The van der Waals surface area contributed by atoms with Crippen LogP contribution in [0.1, 0.15) is 425 Å². The van der Waals surface area contributed by atoms with Crippen LogP contribution in [0.5, 0.6) is 0 Å². The lowest BCUT2D eigenvalue weighted by Gasteiger charge is -2.20. The van der Waals surface area contributed by atoms with E-state index in [0.29, 0.717) is 19.4 Å². The number of nitrogens with one attached hydrogen (secondary N) is 1. The van der Waals surface area contributed by atoms with Gasteiger partial charge in [-0.05, 0) is 83.5 Å². The van der Waals surface area contributed by atoms with Gasteiger partial charge >= 0.3 is 5.97 Å². The third-order valence-electron chi connectivity index (χ3n) is 18.0. The van der Waals surface area contributed by atoms with Gasteiger partial charge in [0.1, 0.15) is 0 Å². The number of aliphatic hydroxyl groups excluding tert-OH is 2. The summed E-state index contributed by atoms with van der Waals surface area (Å²) in [5, 5.41) is 23.3. The zero-order chi connectivity index (χ0) is 62.0. The van der Waals surface area contributed by atoms with Gasteiger partial charge in [0.2, 0.25) is 5.91 Å². The fourth-order valence-corrected chi connectivity index (χ4v) is 12.1. The minimum Gasteiger partial charge on any atom is -0.466 e. The van der Waals surface area contributed by atoms with Crippen molar-refractivity contribution in [1.82, 2.24) is 5.32 Å². The molecule has 0 radical (unpaired) electrons. The third-order valence-corrected chi connectivity index (χ3v) is 18.0. The van der Waals surface area contributed by atoms with Crippen molar-refractivity contribution in [2.45, 2.75) is 437 Å². The van der Waals surface area contributed by atoms with Crippen molar-refractivity contribution >= 4 is 11.9 Å². The molecule has 0 bridgehead atoms. The summed E-state index contributed by atoms with van der Waals surface area (Å²) in [4.78, 5) is 24.6. The van der Waals surface area contributed by atoms with Crippen molar-refractivity contribution in [3.63, 3.8) is 0 Å². The fourth-order valence-electron chi connectivity index (χ4n) is 12.1. The molecule has 0 saturated heterocycles. The number of unbranched alkanes of at least 4 members (excludes halogenated alkanes) is 56. The lowest BCUT2D eigenvalue weighted by atomic mass is 10.0. The van der Waals surface area contributed by atoms with Gasteiger partial charge in [-0.3, -0.25) is 9.59 Å².